The van der Waals surface area contributed by atoms with Crippen molar-refractivity contribution in [1.82, 2.24) is 0 Å². The second kappa shape index (κ2) is 10.7. The van der Waals surface area contributed by atoms with Crippen molar-refractivity contribution >= 4 is 5.97 Å². The number of esters is 1. The third-order valence-corrected chi connectivity index (χ3v) is 1.61. The summed E-state index contributed by atoms with van der Waals surface area (Å²) in [6.07, 6.45) is 5.08. The van der Waals surface area contributed by atoms with Gasteiger partial charge in [-0.05, 0) is 6.42 Å². The number of rotatable bonds is 8. The summed E-state index contributed by atoms with van der Waals surface area (Å²) in [4.78, 5) is 10.8. The molecule has 0 saturated carbocycles. The summed E-state index contributed by atoms with van der Waals surface area (Å²) in [6.45, 7) is 3.81. The summed E-state index contributed by atoms with van der Waals surface area (Å²) in [5.41, 5.74) is 0. The number of ether oxygens (including phenoxy) is 2. The molecular formula is C11H17NO3. The predicted octanol–water partition coefficient (Wildman–Crippen LogP) is 1.82. The quantitative estimate of drug-likeness (QED) is 0.266. The molecule has 0 amide bonds. The van der Waals surface area contributed by atoms with Crippen LogP contribution in [0.2, 0.25) is 0 Å². The second-order valence-corrected chi connectivity index (χ2v) is 2.95. The van der Waals surface area contributed by atoms with E-state index >= 15 is 0 Å². The van der Waals surface area contributed by atoms with E-state index in [1.807, 2.05) is 0 Å². The van der Waals surface area contributed by atoms with Gasteiger partial charge in [0.2, 0.25) is 0 Å². The average molecular weight is 211 g/mol. The Morgan fingerprint density at radius 2 is 2.07 bits per heavy atom. The zero-order chi connectivity index (χ0) is 11.4. The molecule has 0 rings (SSSR count). The molecular weight excluding hydrogens is 194 g/mol. The number of carbonyl (C=O) groups excluding carboxylic acids is 1. The Bertz CT molecular complexity index is 230. The topological polar surface area (TPSA) is 59.3 Å². The molecule has 0 N–H and O–H groups in total. The molecule has 0 saturated heterocycles. The highest BCUT2D eigenvalue weighted by molar-refractivity contribution is 5.82. The lowest BCUT2D eigenvalue weighted by Gasteiger charge is -2.03. The molecule has 0 aliphatic carbocycles. The van der Waals surface area contributed by atoms with Gasteiger partial charge < -0.3 is 9.47 Å². The Morgan fingerprint density at radius 3 is 2.73 bits per heavy atom. The summed E-state index contributed by atoms with van der Waals surface area (Å²) < 4.78 is 10.1. The van der Waals surface area contributed by atoms with Gasteiger partial charge >= 0.3 is 5.97 Å². The van der Waals surface area contributed by atoms with Gasteiger partial charge in [0.05, 0.1) is 12.7 Å². The maximum Gasteiger partial charge on any atom is 0.331 e. The van der Waals surface area contributed by atoms with Crippen LogP contribution in [0.15, 0.2) is 12.2 Å². The molecule has 0 radical (unpaired) electrons. The molecule has 0 heterocycles. The molecule has 0 aromatic heterocycles. The number of nitriles is 1. The van der Waals surface area contributed by atoms with E-state index in [0.717, 1.165) is 31.6 Å². The van der Waals surface area contributed by atoms with Crippen molar-refractivity contribution in [2.24, 2.45) is 0 Å². The van der Waals surface area contributed by atoms with Crippen LogP contribution in [0.25, 0.3) is 0 Å². The Balaban J connectivity index is 3.21. The first-order valence-electron chi connectivity index (χ1n) is 5.12. The summed E-state index contributed by atoms with van der Waals surface area (Å²) in [5.74, 6) is -0.481. The summed E-state index contributed by atoms with van der Waals surface area (Å²) in [5, 5.41) is 8.14. The first-order chi connectivity index (χ1) is 7.31. The molecule has 0 aliphatic rings. The van der Waals surface area contributed by atoms with Crippen LogP contribution in [0.5, 0.6) is 0 Å². The van der Waals surface area contributed by atoms with Gasteiger partial charge in [-0.25, -0.2) is 4.79 Å². The van der Waals surface area contributed by atoms with Crippen molar-refractivity contribution < 1.29 is 14.3 Å². The maximum atomic E-state index is 10.8. The van der Waals surface area contributed by atoms with Crippen molar-refractivity contribution in [2.75, 3.05) is 19.8 Å². The van der Waals surface area contributed by atoms with Gasteiger partial charge in [0.15, 0.2) is 0 Å². The Labute approximate surface area is 90.5 Å². The van der Waals surface area contributed by atoms with Gasteiger partial charge in [-0.15, -0.1) is 0 Å². The van der Waals surface area contributed by atoms with Crippen LogP contribution >= 0.6 is 0 Å². The zero-order valence-corrected chi connectivity index (χ0v) is 9.07. The molecule has 4 nitrogen and oxygen atoms in total. The van der Waals surface area contributed by atoms with Crippen molar-refractivity contribution in [2.45, 2.75) is 26.2 Å². The molecule has 0 aromatic rings. The maximum absolute atomic E-state index is 10.8. The molecule has 0 bridgehead atoms. The van der Waals surface area contributed by atoms with Crippen LogP contribution < -0.4 is 0 Å². The van der Waals surface area contributed by atoms with Crippen LogP contribution in [0.3, 0.4) is 0 Å². The minimum absolute atomic E-state index is 0.334. The minimum Gasteiger partial charge on any atom is -0.462 e. The Kier molecular flexibility index (Phi) is 9.78. The SMILES string of the molecule is CCCCOCCCOC(=O)C=CC#N. The minimum atomic E-state index is -0.481. The van der Waals surface area contributed by atoms with Crippen LogP contribution in [0.1, 0.15) is 26.2 Å². The van der Waals surface area contributed by atoms with E-state index in [-0.39, 0.29) is 0 Å². The van der Waals surface area contributed by atoms with Crippen LogP contribution in [0.4, 0.5) is 0 Å². The zero-order valence-electron chi connectivity index (χ0n) is 9.07. The highest BCUT2D eigenvalue weighted by Gasteiger charge is 1.95. The third kappa shape index (κ3) is 10.6. The molecule has 4 heteroatoms. The fraction of sp³-hybridized carbons (Fsp3) is 0.636. The number of allylic oxidation sites excluding steroid dienone is 1. The van der Waals surface area contributed by atoms with Crippen molar-refractivity contribution in [3.8, 4) is 6.07 Å². The Hall–Kier alpha value is -1.34. The summed E-state index contributed by atoms with van der Waals surface area (Å²) >= 11 is 0. The van der Waals surface area contributed by atoms with Crippen LogP contribution in [-0.4, -0.2) is 25.8 Å². The summed E-state index contributed by atoms with van der Waals surface area (Å²) in [7, 11) is 0. The number of hydrogen-bond donors (Lipinski definition) is 0. The lowest BCUT2D eigenvalue weighted by Crippen LogP contribution is -2.05. The van der Waals surface area contributed by atoms with Gasteiger partial charge in [-0.2, -0.15) is 5.26 Å². The molecule has 0 aromatic carbocycles. The smallest absolute Gasteiger partial charge is 0.331 e. The highest BCUT2D eigenvalue weighted by Crippen LogP contribution is 1.91. The molecule has 0 fully saturated rings. The molecule has 0 aliphatic heterocycles. The predicted molar refractivity (Wildman–Crippen MR) is 56.1 cm³/mol. The third-order valence-electron chi connectivity index (χ3n) is 1.61. The molecule has 15 heavy (non-hydrogen) atoms. The van der Waals surface area contributed by atoms with Gasteiger partial charge in [-0.1, -0.05) is 13.3 Å². The van der Waals surface area contributed by atoms with E-state index in [9.17, 15) is 4.79 Å². The van der Waals surface area contributed by atoms with Crippen molar-refractivity contribution in [1.29, 1.82) is 5.26 Å². The van der Waals surface area contributed by atoms with E-state index < -0.39 is 5.97 Å². The number of nitrogens with zero attached hydrogens (tertiary/aromatic N) is 1. The molecule has 0 spiro atoms. The normalized spacial score (nSPS) is 10.1. The fourth-order valence-electron chi connectivity index (χ4n) is 0.836. The first-order valence-corrected chi connectivity index (χ1v) is 5.12. The van der Waals surface area contributed by atoms with Crippen LogP contribution in [0, 0.1) is 11.3 Å². The van der Waals surface area contributed by atoms with Crippen molar-refractivity contribution in [3.05, 3.63) is 12.2 Å². The largest absolute Gasteiger partial charge is 0.462 e. The highest BCUT2D eigenvalue weighted by atomic mass is 16.5. The average Bonchev–Trinajstić information content (AvgIpc) is 2.25. The van der Waals surface area contributed by atoms with Crippen molar-refractivity contribution in [3.63, 3.8) is 0 Å². The monoisotopic (exact) mass is 211 g/mol. The standard InChI is InChI=1S/C11H17NO3/c1-2-3-8-14-9-5-10-15-11(13)6-4-7-12/h4,6H,2-3,5,8-10H2,1H3. The van der Waals surface area contributed by atoms with Gasteiger partial charge in [0.1, 0.15) is 0 Å². The number of carbonyl (C=O) groups is 1. The van der Waals surface area contributed by atoms with Gasteiger partial charge in [0, 0.05) is 31.8 Å². The number of unbranched alkanes of at least 4 members (excludes halogenated alkanes) is 1. The molecule has 84 valence electrons. The first kappa shape index (κ1) is 13.7. The lowest BCUT2D eigenvalue weighted by molar-refractivity contribution is -0.138. The van der Waals surface area contributed by atoms with E-state index in [1.54, 1.807) is 6.07 Å². The fourth-order valence-corrected chi connectivity index (χ4v) is 0.836. The van der Waals surface area contributed by atoms with Gasteiger partial charge in [-0.3, -0.25) is 0 Å². The van der Waals surface area contributed by atoms with Crippen LogP contribution in [-0.2, 0) is 14.3 Å². The molecule has 0 atom stereocenters. The molecule has 0 unspecified atom stereocenters. The summed E-state index contributed by atoms with van der Waals surface area (Å²) in [6, 6.07) is 1.72. The second-order valence-electron chi connectivity index (χ2n) is 2.95. The number of hydrogen-bond acceptors (Lipinski definition) is 4. The Morgan fingerprint density at radius 1 is 1.33 bits per heavy atom. The van der Waals surface area contributed by atoms with E-state index in [4.69, 9.17) is 14.7 Å². The van der Waals surface area contributed by atoms with Gasteiger partial charge in [0.25, 0.3) is 0 Å². The van der Waals surface area contributed by atoms with E-state index in [2.05, 4.69) is 6.92 Å². The van der Waals surface area contributed by atoms with E-state index in [0.29, 0.717) is 19.6 Å². The van der Waals surface area contributed by atoms with E-state index in [1.165, 1.54) is 0 Å². The lowest BCUT2D eigenvalue weighted by atomic mass is 10.4.